The van der Waals surface area contributed by atoms with Gasteiger partial charge < -0.3 is 19.6 Å². The number of hydrogen-bond donors (Lipinski definition) is 2. The van der Waals surface area contributed by atoms with Crippen molar-refractivity contribution in [1.82, 2.24) is 20.8 Å². The minimum Gasteiger partial charge on any atom is -0.444 e. The molecule has 0 amide bonds. The summed E-state index contributed by atoms with van der Waals surface area (Å²) in [5, 5.41) is 10.7. The molecule has 2 N–H and O–H groups in total. The Hall–Kier alpha value is -2.43. The molecule has 0 aliphatic rings. The molecule has 0 saturated heterocycles. The van der Waals surface area contributed by atoms with Crippen molar-refractivity contribution >= 4 is 29.9 Å². The van der Waals surface area contributed by atoms with Gasteiger partial charge in [-0.15, -0.1) is 24.0 Å². The molecule has 0 saturated carbocycles. The van der Waals surface area contributed by atoms with Crippen LogP contribution in [-0.2, 0) is 25.8 Å². The lowest BCUT2D eigenvalue weighted by Gasteiger charge is -2.11. The Morgan fingerprint density at radius 1 is 1.13 bits per heavy atom. The van der Waals surface area contributed by atoms with Crippen molar-refractivity contribution in [2.75, 3.05) is 13.6 Å². The van der Waals surface area contributed by atoms with Crippen LogP contribution in [0, 0.1) is 5.82 Å². The molecule has 0 unspecified atom stereocenters. The number of nitrogens with one attached hydrogen (secondary N) is 2. The normalized spacial score (nSPS) is 11.3. The first-order chi connectivity index (χ1) is 14.1. The summed E-state index contributed by atoms with van der Waals surface area (Å²) in [5.74, 6) is 1.79. The van der Waals surface area contributed by atoms with Gasteiger partial charge in [-0.05, 0) is 30.7 Å². The third-order valence-electron chi connectivity index (χ3n) is 4.58. The van der Waals surface area contributed by atoms with Gasteiger partial charge in [0, 0.05) is 44.1 Å². The van der Waals surface area contributed by atoms with E-state index in [2.05, 4.69) is 39.6 Å². The lowest BCUT2D eigenvalue weighted by molar-refractivity contribution is 0.380. The van der Waals surface area contributed by atoms with E-state index < -0.39 is 0 Å². The number of aromatic nitrogens is 2. The van der Waals surface area contributed by atoms with E-state index in [-0.39, 0.29) is 29.8 Å². The molecule has 2 aromatic heterocycles. The molecule has 3 rings (SSSR count). The van der Waals surface area contributed by atoms with Gasteiger partial charge in [0.1, 0.15) is 17.8 Å². The van der Waals surface area contributed by atoms with E-state index in [9.17, 15) is 4.39 Å². The summed E-state index contributed by atoms with van der Waals surface area (Å²) in [6.45, 7) is 5.36. The predicted molar refractivity (Wildman–Crippen MR) is 124 cm³/mol. The highest BCUT2D eigenvalue weighted by molar-refractivity contribution is 14.0. The number of halogens is 2. The maximum atomic E-state index is 13.0. The molecule has 0 spiro atoms. The topological polar surface area (TPSA) is 88.5 Å². The minimum atomic E-state index is -0.285. The highest BCUT2D eigenvalue weighted by atomic mass is 127. The lowest BCUT2D eigenvalue weighted by atomic mass is 10.1. The molecule has 0 aliphatic carbocycles. The highest BCUT2D eigenvalue weighted by Crippen LogP contribution is 2.19. The number of hydrogen-bond acceptors (Lipinski definition) is 5. The van der Waals surface area contributed by atoms with Crippen molar-refractivity contribution < 1.29 is 13.3 Å². The smallest absolute Gasteiger partial charge is 0.226 e. The van der Waals surface area contributed by atoms with Gasteiger partial charge in [0.2, 0.25) is 5.89 Å². The largest absolute Gasteiger partial charge is 0.444 e. The Morgan fingerprint density at radius 2 is 1.90 bits per heavy atom. The molecule has 0 radical (unpaired) electrons. The van der Waals surface area contributed by atoms with Gasteiger partial charge in [-0.25, -0.2) is 9.37 Å². The lowest BCUT2D eigenvalue weighted by Crippen LogP contribution is -2.38. The van der Waals surface area contributed by atoms with Gasteiger partial charge >= 0.3 is 0 Å². The molecular weight excluding hydrogens is 500 g/mol. The Labute approximate surface area is 192 Å². The molecule has 7 nitrogen and oxygen atoms in total. The summed E-state index contributed by atoms with van der Waals surface area (Å²) in [6, 6.07) is 6.07. The van der Waals surface area contributed by atoms with Gasteiger partial charge in [-0.1, -0.05) is 19.0 Å². The van der Waals surface area contributed by atoms with Gasteiger partial charge in [0.15, 0.2) is 5.96 Å². The first-order valence-corrected chi connectivity index (χ1v) is 9.75. The van der Waals surface area contributed by atoms with Crippen LogP contribution in [0.1, 0.15) is 36.6 Å². The molecule has 0 bridgehead atoms. The van der Waals surface area contributed by atoms with Crippen LogP contribution in [0.25, 0.3) is 11.5 Å². The maximum Gasteiger partial charge on any atom is 0.226 e. The van der Waals surface area contributed by atoms with Crippen molar-refractivity contribution in [3.8, 4) is 11.5 Å². The number of aryl methyl sites for hydroxylation is 2. The van der Waals surface area contributed by atoms with E-state index in [1.807, 2.05) is 0 Å². The van der Waals surface area contributed by atoms with E-state index in [1.165, 1.54) is 12.1 Å². The van der Waals surface area contributed by atoms with E-state index >= 15 is 0 Å². The Kier molecular flexibility index (Phi) is 9.28. The first kappa shape index (κ1) is 23.8. The van der Waals surface area contributed by atoms with Crippen molar-refractivity contribution in [1.29, 1.82) is 0 Å². The van der Waals surface area contributed by atoms with Crippen molar-refractivity contribution in [2.24, 2.45) is 4.99 Å². The summed E-state index contributed by atoms with van der Waals surface area (Å²) in [6.07, 6.45) is 3.92. The third-order valence-corrected chi connectivity index (χ3v) is 4.58. The zero-order valence-corrected chi connectivity index (χ0v) is 19.7. The van der Waals surface area contributed by atoms with Gasteiger partial charge in [0.05, 0.1) is 11.4 Å². The van der Waals surface area contributed by atoms with Crippen LogP contribution in [-0.4, -0.2) is 29.7 Å². The number of nitrogens with zero attached hydrogens (tertiary/aromatic N) is 3. The number of aliphatic imine (C=N–C) groups is 1. The average molecular weight is 527 g/mol. The fourth-order valence-electron chi connectivity index (χ4n) is 2.99. The molecule has 1 aromatic carbocycles. The van der Waals surface area contributed by atoms with E-state index in [1.54, 1.807) is 25.4 Å². The summed E-state index contributed by atoms with van der Waals surface area (Å²) >= 11 is 0. The van der Waals surface area contributed by atoms with Crippen LogP contribution in [0.5, 0.6) is 0 Å². The second-order valence-electron chi connectivity index (χ2n) is 6.49. The van der Waals surface area contributed by atoms with E-state index in [4.69, 9.17) is 8.94 Å². The molecular formula is C21H27FIN5O2. The number of oxazole rings is 1. The molecule has 0 fully saturated rings. The zero-order chi connectivity index (χ0) is 20.6. The van der Waals surface area contributed by atoms with Crippen LogP contribution in [0.15, 0.2) is 44.5 Å². The van der Waals surface area contributed by atoms with E-state index in [0.29, 0.717) is 31.4 Å². The van der Waals surface area contributed by atoms with Crippen LogP contribution in [0.2, 0.25) is 0 Å². The molecule has 2 heterocycles. The molecule has 0 atom stereocenters. The second kappa shape index (κ2) is 11.7. The molecule has 9 heteroatoms. The Bertz CT molecular complexity index is 931. The second-order valence-corrected chi connectivity index (χ2v) is 6.49. The van der Waals surface area contributed by atoms with Gasteiger partial charge in [0.25, 0.3) is 0 Å². The highest BCUT2D eigenvalue weighted by Gasteiger charge is 2.13. The Morgan fingerprint density at radius 3 is 2.57 bits per heavy atom. The molecule has 162 valence electrons. The fraction of sp³-hybridized carbons (Fsp3) is 0.381. The minimum absolute atomic E-state index is 0. The van der Waals surface area contributed by atoms with E-state index in [0.717, 1.165) is 41.1 Å². The standard InChI is InChI=1S/C21H26FN5O2.HI/c1-4-18-17(19(5-2)29-27-18)12-25-21(23-3)24-11-10-16-13-28-20(26-16)14-6-8-15(22)9-7-14;/h6-9,13H,4-5,10-12H2,1-3H3,(H2,23,24,25);1H. The number of guanidine groups is 1. The van der Waals surface area contributed by atoms with Crippen LogP contribution < -0.4 is 10.6 Å². The zero-order valence-electron chi connectivity index (χ0n) is 17.4. The van der Waals surface area contributed by atoms with Crippen molar-refractivity contribution in [2.45, 2.75) is 39.7 Å². The number of rotatable bonds is 8. The summed E-state index contributed by atoms with van der Waals surface area (Å²) in [4.78, 5) is 8.71. The summed E-state index contributed by atoms with van der Waals surface area (Å²) in [5.41, 5.74) is 3.63. The first-order valence-electron chi connectivity index (χ1n) is 9.75. The van der Waals surface area contributed by atoms with Gasteiger partial charge in [-0.3, -0.25) is 4.99 Å². The van der Waals surface area contributed by atoms with Crippen molar-refractivity contribution in [3.63, 3.8) is 0 Å². The summed E-state index contributed by atoms with van der Waals surface area (Å²) < 4.78 is 23.9. The summed E-state index contributed by atoms with van der Waals surface area (Å²) in [7, 11) is 1.73. The molecule has 0 aliphatic heterocycles. The predicted octanol–water partition coefficient (Wildman–Crippen LogP) is 4.12. The third kappa shape index (κ3) is 6.04. The quantitative estimate of drug-likeness (QED) is 0.261. The average Bonchev–Trinajstić information content (AvgIpc) is 3.37. The molecule has 3 aromatic rings. The van der Waals surface area contributed by atoms with Crippen LogP contribution >= 0.6 is 24.0 Å². The SMILES string of the molecule is CCc1noc(CC)c1CNC(=NC)NCCc1coc(-c2ccc(F)cc2)n1.I. The van der Waals surface area contributed by atoms with Crippen molar-refractivity contribution in [3.05, 3.63) is 59.1 Å². The maximum absolute atomic E-state index is 13.0. The monoisotopic (exact) mass is 527 g/mol. The molecule has 30 heavy (non-hydrogen) atoms. The van der Waals surface area contributed by atoms with Crippen LogP contribution in [0.4, 0.5) is 4.39 Å². The van der Waals surface area contributed by atoms with Gasteiger partial charge in [-0.2, -0.15) is 0 Å². The van der Waals surface area contributed by atoms with Crippen LogP contribution in [0.3, 0.4) is 0 Å². The number of benzene rings is 1. The fourth-order valence-corrected chi connectivity index (χ4v) is 2.99. The Balaban J connectivity index is 0.00000320.